The van der Waals surface area contributed by atoms with E-state index in [9.17, 15) is 4.79 Å². The Labute approximate surface area is 57.9 Å². The van der Waals surface area contributed by atoms with E-state index in [2.05, 4.69) is 9.57 Å². The first-order valence-corrected chi connectivity index (χ1v) is 2.69. The molecule has 0 radical (unpaired) electrons. The first-order chi connectivity index (χ1) is 4.26. The monoisotopic (exact) mass is 153 g/mol. The normalized spacial score (nSPS) is 12.8. The Morgan fingerprint density at radius 3 is 2.67 bits per heavy atom. The van der Waals surface area contributed by atoms with E-state index in [0.717, 1.165) is 0 Å². The van der Waals surface area contributed by atoms with Crippen molar-refractivity contribution >= 4 is 17.7 Å². The minimum Gasteiger partial charge on any atom is -0.468 e. The highest BCUT2D eigenvalue weighted by Gasteiger charge is 2.15. The standard InChI is InChI=1S/C4H8ClNO3/c1-9-4(8)3(2-7)6-5/h3,6-7H,2H2,1H3/t3-/m0/s1. The smallest absolute Gasteiger partial charge is 0.326 e. The molecule has 0 amide bonds. The molecule has 0 heterocycles. The summed E-state index contributed by atoms with van der Waals surface area (Å²) in [6.07, 6.45) is 0. The van der Waals surface area contributed by atoms with Crippen LogP contribution in [-0.4, -0.2) is 30.8 Å². The second-order valence-corrected chi connectivity index (χ2v) is 1.59. The number of ether oxygens (including phenoxy) is 1. The van der Waals surface area contributed by atoms with Gasteiger partial charge < -0.3 is 9.84 Å². The molecule has 54 valence electrons. The van der Waals surface area contributed by atoms with E-state index in [1.807, 2.05) is 0 Å². The summed E-state index contributed by atoms with van der Waals surface area (Å²) in [5, 5.41) is 8.38. The Bertz CT molecular complexity index is 93.8. The number of carbonyl (C=O) groups excluding carboxylic acids is 1. The summed E-state index contributed by atoms with van der Waals surface area (Å²) >= 11 is 5.03. The van der Waals surface area contributed by atoms with Crippen molar-refractivity contribution in [2.75, 3.05) is 13.7 Å². The van der Waals surface area contributed by atoms with Gasteiger partial charge in [0, 0.05) is 0 Å². The molecule has 0 aliphatic carbocycles. The first kappa shape index (κ1) is 8.68. The number of nitrogens with one attached hydrogen (secondary N) is 1. The molecule has 0 rings (SSSR count). The number of hydrogen-bond donors (Lipinski definition) is 2. The lowest BCUT2D eigenvalue weighted by Gasteiger charge is -2.06. The molecule has 0 bridgehead atoms. The van der Waals surface area contributed by atoms with Crippen LogP contribution in [0.2, 0.25) is 0 Å². The van der Waals surface area contributed by atoms with Crippen LogP contribution >= 0.6 is 11.8 Å². The molecule has 0 spiro atoms. The van der Waals surface area contributed by atoms with Crippen molar-refractivity contribution in [1.82, 2.24) is 4.84 Å². The number of halogens is 1. The molecule has 0 aromatic heterocycles. The van der Waals surface area contributed by atoms with Crippen molar-refractivity contribution < 1.29 is 14.6 Å². The van der Waals surface area contributed by atoms with Gasteiger partial charge in [-0.1, -0.05) is 0 Å². The topological polar surface area (TPSA) is 58.6 Å². The summed E-state index contributed by atoms with van der Waals surface area (Å²) in [4.78, 5) is 12.5. The zero-order chi connectivity index (χ0) is 7.28. The molecule has 5 heteroatoms. The van der Waals surface area contributed by atoms with Crippen LogP contribution in [0.5, 0.6) is 0 Å². The highest BCUT2D eigenvalue weighted by atomic mass is 35.5. The number of esters is 1. The highest BCUT2D eigenvalue weighted by molar-refractivity contribution is 6.14. The Morgan fingerprint density at radius 1 is 2.00 bits per heavy atom. The van der Waals surface area contributed by atoms with E-state index in [4.69, 9.17) is 16.9 Å². The van der Waals surface area contributed by atoms with Crippen LogP contribution in [-0.2, 0) is 9.53 Å². The van der Waals surface area contributed by atoms with E-state index in [1.165, 1.54) is 7.11 Å². The lowest BCUT2D eigenvalue weighted by atomic mass is 10.3. The number of aliphatic hydroxyl groups is 1. The number of aliphatic hydroxyl groups excluding tert-OH is 1. The molecule has 0 aromatic carbocycles. The molecule has 9 heavy (non-hydrogen) atoms. The van der Waals surface area contributed by atoms with Gasteiger partial charge in [-0.05, 0) is 11.8 Å². The molecular weight excluding hydrogens is 146 g/mol. The van der Waals surface area contributed by atoms with Gasteiger partial charge >= 0.3 is 5.97 Å². The van der Waals surface area contributed by atoms with E-state index >= 15 is 0 Å². The highest BCUT2D eigenvalue weighted by Crippen LogP contribution is 1.86. The summed E-state index contributed by atoms with van der Waals surface area (Å²) in [7, 11) is 1.22. The Morgan fingerprint density at radius 2 is 2.56 bits per heavy atom. The van der Waals surface area contributed by atoms with Crippen LogP contribution in [0.15, 0.2) is 0 Å². The Hall–Kier alpha value is -0.320. The van der Waals surface area contributed by atoms with Gasteiger partial charge in [0.1, 0.15) is 6.04 Å². The molecule has 0 unspecified atom stereocenters. The van der Waals surface area contributed by atoms with Crippen LogP contribution in [0.25, 0.3) is 0 Å². The third-order valence-corrected chi connectivity index (χ3v) is 1.06. The van der Waals surface area contributed by atoms with Crippen molar-refractivity contribution in [2.45, 2.75) is 6.04 Å². The molecule has 2 N–H and O–H groups in total. The second-order valence-electron chi connectivity index (χ2n) is 1.37. The molecule has 0 aromatic rings. The first-order valence-electron chi connectivity index (χ1n) is 2.31. The van der Waals surface area contributed by atoms with Crippen molar-refractivity contribution in [1.29, 1.82) is 0 Å². The molecule has 4 nitrogen and oxygen atoms in total. The number of methoxy groups -OCH3 is 1. The Kier molecular flexibility index (Phi) is 4.39. The van der Waals surface area contributed by atoms with Crippen LogP contribution in [0.1, 0.15) is 0 Å². The van der Waals surface area contributed by atoms with Gasteiger partial charge in [-0.25, -0.2) is 4.84 Å². The van der Waals surface area contributed by atoms with Crippen molar-refractivity contribution in [2.24, 2.45) is 0 Å². The molecule has 0 saturated carbocycles. The SMILES string of the molecule is COC(=O)[C@H](CO)NCl. The second kappa shape index (κ2) is 4.55. The summed E-state index contributed by atoms with van der Waals surface area (Å²) in [6.45, 7) is -0.365. The number of carbonyl (C=O) groups is 1. The Balaban J connectivity index is 3.64. The molecule has 0 aliphatic heterocycles. The van der Waals surface area contributed by atoms with Gasteiger partial charge in [0.2, 0.25) is 0 Å². The largest absolute Gasteiger partial charge is 0.468 e. The predicted octanol–water partition coefficient (Wildman–Crippen LogP) is -0.736. The lowest BCUT2D eigenvalue weighted by Crippen LogP contribution is -2.35. The summed E-state index contributed by atoms with van der Waals surface area (Å²) in [5.74, 6) is -0.576. The van der Waals surface area contributed by atoms with Crippen LogP contribution in [0.4, 0.5) is 0 Å². The quantitative estimate of drug-likeness (QED) is 0.414. The molecular formula is C4H8ClNO3. The number of hydrogen-bond acceptors (Lipinski definition) is 4. The molecule has 0 saturated heterocycles. The summed E-state index contributed by atoms with van der Waals surface area (Å²) in [6, 6.07) is -0.823. The van der Waals surface area contributed by atoms with E-state index in [0.29, 0.717) is 0 Å². The molecule has 1 atom stereocenters. The minimum atomic E-state index is -0.823. The average molecular weight is 154 g/mol. The maximum Gasteiger partial charge on any atom is 0.326 e. The lowest BCUT2D eigenvalue weighted by molar-refractivity contribution is -0.143. The maximum atomic E-state index is 10.4. The van der Waals surface area contributed by atoms with Gasteiger partial charge in [-0.2, -0.15) is 0 Å². The fourth-order valence-electron chi connectivity index (χ4n) is 0.296. The number of rotatable bonds is 3. The average Bonchev–Trinajstić information content (AvgIpc) is 1.90. The maximum absolute atomic E-state index is 10.4. The fraction of sp³-hybridized carbons (Fsp3) is 0.750. The van der Waals surface area contributed by atoms with Crippen molar-refractivity contribution in [3.8, 4) is 0 Å². The van der Waals surface area contributed by atoms with Gasteiger partial charge in [0.15, 0.2) is 0 Å². The fourth-order valence-corrected chi connectivity index (χ4v) is 0.454. The van der Waals surface area contributed by atoms with Gasteiger partial charge in [-0.3, -0.25) is 4.79 Å². The van der Waals surface area contributed by atoms with Gasteiger partial charge in [0.25, 0.3) is 0 Å². The van der Waals surface area contributed by atoms with Gasteiger partial charge in [-0.15, -0.1) is 0 Å². The predicted molar refractivity (Wildman–Crippen MR) is 31.9 cm³/mol. The summed E-state index contributed by atoms with van der Waals surface area (Å²) < 4.78 is 4.25. The van der Waals surface area contributed by atoms with E-state index < -0.39 is 12.0 Å². The van der Waals surface area contributed by atoms with Crippen molar-refractivity contribution in [3.05, 3.63) is 0 Å². The van der Waals surface area contributed by atoms with E-state index in [-0.39, 0.29) is 6.61 Å². The summed E-state index contributed by atoms with van der Waals surface area (Å²) in [5.41, 5.74) is 0. The van der Waals surface area contributed by atoms with Crippen LogP contribution in [0.3, 0.4) is 0 Å². The van der Waals surface area contributed by atoms with E-state index in [1.54, 1.807) is 0 Å². The van der Waals surface area contributed by atoms with Crippen LogP contribution < -0.4 is 4.84 Å². The van der Waals surface area contributed by atoms with Crippen molar-refractivity contribution in [3.63, 3.8) is 0 Å². The third-order valence-electron chi connectivity index (χ3n) is 0.800. The van der Waals surface area contributed by atoms with Gasteiger partial charge in [0.05, 0.1) is 13.7 Å². The zero-order valence-electron chi connectivity index (χ0n) is 4.93. The zero-order valence-corrected chi connectivity index (χ0v) is 5.68. The minimum absolute atomic E-state index is 0.365. The molecule has 0 fully saturated rings. The molecule has 0 aliphatic rings. The van der Waals surface area contributed by atoms with Crippen LogP contribution in [0, 0.1) is 0 Å². The third kappa shape index (κ3) is 2.64.